The number of pyridine rings is 1. The summed E-state index contributed by atoms with van der Waals surface area (Å²) >= 11 is 0. The molecule has 0 aliphatic heterocycles. The third-order valence-electron chi connectivity index (χ3n) is 3.50. The van der Waals surface area contributed by atoms with Gasteiger partial charge in [0.2, 0.25) is 5.65 Å². The Morgan fingerprint density at radius 2 is 2.29 bits per heavy atom. The molecule has 1 aliphatic rings. The van der Waals surface area contributed by atoms with Gasteiger partial charge in [-0.1, -0.05) is 6.07 Å². The summed E-state index contributed by atoms with van der Waals surface area (Å²) in [5.74, 6) is -1.03. The molecular formula is C13H14N4O4. The largest absolute Gasteiger partial charge is 0.480 e. The molecule has 0 spiro atoms. The second-order valence-electron chi connectivity index (χ2n) is 5.10. The lowest BCUT2D eigenvalue weighted by Crippen LogP contribution is -2.31. The third-order valence-corrected chi connectivity index (χ3v) is 3.50. The van der Waals surface area contributed by atoms with E-state index in [4.69, 9.17) is 5.11 Å². The standard InChI is InChI=1S/C13H14N4O4/c18-12(19)8-15(9-4-5-9)7-10-13(17(20)21)16-6-2-1-3-11(16)14-10/h1-3,6,9H,4-5,7-8H2,(H,18,19). The molecular weight excluding hydrogens is 276 g/mol. The number of nitro groups is 1. The molecule has 2 aromatic heterocycles. The number of fused-ring (bicyclic) bond motifs is 1. The number of hydrogen-bond donors (Lipinski definition) is 1. The number of aliphatic carboxylic acids is 1. The van der Waals surface area contributed by atoms with Gasteiger partial charge in [0.15, 0.2) is 5.69 Å². The summed E-state index contributed by atoms with van der Waals surface area (Å²) in [6, 6.07) is 5.33. The number of imidazole rings is 1. The van der Waals surface area contributed by atoms with Gasteiger partial charge in [0, 0.05) is 12.1 Å². The van der Waals surface area contributed by atoms with Crippen LogP contribution in [0.15, 0.2) is 24.4 Å². The van der Waals surface area contributed by atoms with Gasteiger partial charge in [-0.2, -0.15) is 4.40 Å². The van der Waals surface area contributed by atoms with Crippen LogP contribution in [0.1, 0.15) is 18.5 Å². The maximum absolute atomic E-state index is 11.3. The highest BCUT2D eigenvalue weighted by atomic mass is 16.6. The normalized spacial score (nSPS) is 14.7. The van der Waals surface area contributed by atoms with E-state index in [1.807, 2.05) is 0 Å². The maximum Gasteiger partial charge on any atom is 0.352 e. The molecule has 0 aromatic carbocycles. The van der Waals surface area contributed by atoms with E-state index in [0.717, 1.165) is 12.8 Å². The van der Waals surface area contributed by atoms with Gasteiger partial charge in [-0.3, -0.25) is 9.69 Å². The van der Waals surface area contributed by atoms with Gasteiger partial charge in [-0.15, -0.1) is 0 Å². The van der Waals surface area contributed by atoms with Crippen LogP contribution in [-0.4, -0.2) is 42.9 Å². The van der Waals surface area contributed by atoms with Crippen LogP contribution in [0.25, 0.3) is 5.65 Å². The molecule has 110 valence electrons. The zero-order chi connectivity index (χ0) is 15.0. The summed E-state index contributed by atoms with van der Waals surface area (Å²) < 4.78 is 1.42. The number of nitrogens with zero attached hydrogens (tertiary/aromatic N) is 4. The molecule has 1 saturated carbocycles. The third kappa shape index (κ3) is 2.70. The minimum absolute atomic E-state index is 0.0957. The van der Waals surface area contributed by atoms with E-state index in [0.29, 0.717) is 11.3 Å². The summed E-state index contributed by atoms with van der Waals surface area (Å²) in [7, 11) is 0. The van der Waals surface area contributed by atoms with Gasteiger partial charge in [0.1, 0.15) is 0 Å². The summed E-state index contributed by atoms with van der Waals surface area (Å²) in [6.45, 7) is 0.0463. The SMILES string of the molecule is O=C(O)CN(Cc1nc2ccccn2c1[N+](=O)[O-])C1CC1. The van der Waals surface area contributed by atoms with Gasteiger partial charge >= 0.3 is 11.8 Å². The van der Waals surface area contributed by atoms with E-state index < -0.39 is 10.9 Å². The molecule has 3 rings (SSSR count). The number of aromatic nitrogens is 2. The van der Waals surface area contributed by atoms with Crippen molar-refractivity contribution in [1.82, 2.24) is 14.3 Å². The van der Waals surface area contributed by atoms with Crippen molar-refractivity contribution < 1.29 is 14.8 Å². The van der Waals surface area contributed by atoms with Crippen LogP contribution < -0.4 is 0 Å². The summed E-state index contributed by atoms with van der Waals surface area (Å²) in [4.78, 5) is 27.8. The highest BCUT2D eigenvalue weighted by Gasteiger charge is 2.33. The zero-order valence-electron chi connectivity index (χ0n) is 11.2. The molecule has 0 radical (unpaired) electrons. The number of carboxylic acids is 1. The smallest absolute Gasteiger partial charge is 0.352 e. The lowest BCUT2D eigenvalue weighted by atomic mass is 10.3. The number of rotatable bonds is 6. The Bertz CT molecular complexity index is 707. The minimum atomic E-state index is -0.937. The first-order valence-electron chi connectivity index (χ1n) is 6.62. The van der Waals surface area contributed by atoms with E-state index in [2.05, 4.69) is 4.98 Å². The zero-order valence-corrected chi connectivity index (χ0v) is 11.2. The predicted octanol–water partition coefficient (Wildman–Crippen LogP) is 1.29. The molecule has 0 atom stereocenters. The molecule has 8 nitrogen and oxygen atoms in total. The van der Waals surface area contributed by atoms with Crippen molar-refractivity contribution in [1.29, 1.82) is 0 Å². The van der Waals surface area contributed by atoms with Crippen molar-refractivity contribution in [2.24, 2.45) is 0 Å². The van der Waals surface area contributed by atoms with Crippen molar-refractivity contribution >= 4 is 17.4 Å². The van der Waals surface area contributed by atoms with Gasteiger partial charge in [-0.25, -0.2) is 4.98 Å². The van der Waals surface area contributed by atoms with Crippen molar-refractivity contribution in [3.63, 3.8) is 0 Å². The predicted molar refractivity (Wildman–Crippen MR) is 72.9 cm³/mol. The van der Waals surface area contributed by atoms with Crippen LogP contribution >= 0.6 is 0 Å². The first-order chi connectivity index (χ1) is 10.1. The molecule has 0 bridgehead atoms. The number of hydrogen-bond acceptors (Lipinski definition) is 5. The lowest BCUT2D eigenvalue weighted by molar-refractivity contribution is -0.391. The van der Waals surface area contributed by atoms with Gasteiger partial charge in [0.05, 0.1) is 19.3 Å². The van der Waals surface area contributed by atoms with Crippen molar-refractivity contribution in [2.75, 3.05) is 6.54 Å². The molecule has 0 unspecified atom stereocenters. The maximum atomic E-state index is 11.3. The minimum Gasteiger partial charge on any atom is -0.480 e. The molecule has 1 fully saturated rings. The van der Waals surface area contributed by atoms with Crippen molar-refractivity contribution in [3.8, 4) is 0 Å². The van der Waals surface area contributed by atoms with Crippen LogP contribution in [-0.2, 0) is 11.3 Å². The van der Waals surface area contributed by atoms with Crippen molar-refractivity contribution in [3.05, 3.63) is 40.2 Å². The lowest BCUT2D eigenvalue weighted by Gasteiger charge is -2.17. The molecule has 8 heteroatoms. The summed E-state index contributed by atoms with van der Waals surface area (Å²) in [5, 5.41) is 20.3. The Hall–Kier alpha value is -2.48. The van der Waals surface area contributed by atoms with Gasteiger partial charge < -0.3 is 15.2 Å². The molecule has 0 saturated heterocycles. The van der Waals surface area contributed by atoms with Crippen LogP contribution in [0.3, 0.4) is 0 Å². The van der Waals surface area contributed by atoms with E-state index in [1.165, 1.54) is 4.40 Å². The average molecular weight is 290 g/mol. The Morgan fingerprint density at radius 1 is 1.52 bits per heavy atom. The van der Waals surface area contributed by atoms with E-state index in [9.17, 15) is 14.9 Å². The second-order valence-corrected chi connectivity index (χ2v) is 5.10. The fourth-order valence-electron chi connectivity index (χ4n) is 2.45. The highest BCUT2D eigenvalue weighted by Crippen LogP contribution is 2.30. The first kappa shape index (κ1) is 13.5. The molecule has 21 heavy (non-hydrogen) atoms. The topological polar surface area (TPSA) is 101 Å². The van der Waals surface area contributed by atoms with Gasteiger partial charge in [0.25, 0.3) is 0 Å². The summed E-state index contributed by atoms with van der Waals surface area (Å²) in [6.07, 6.45) is 3.44. The first-order valence-corrected chi connectivity index (χ1v) is 6.62. The number of carboxylic acid groups (broad SMARTS) is 1. The fraction of sp³-hybridized carbons (Fsp3) is 0.385. The highest BCUT2D eigenvalue weighted by molar-refractivity contribution is 5.69. The fourth-order valence-corrected chi connectivity index (χ4v) is 2.45. The molecule has 0 amide bonds. The van der Waals surface area contributed by atoms with E-state index in [1.54, 1.807) is 29.3 Å². The monoisotopic (exact) mass is 290 g/mol. The Balaban J connectivity index is 1.97. The molecule has 1 N–H and O–H groups in total. The van der Waals surface area contributed by atoms with Crippen molar-refractivity contribution in [2.45, 2.75) is 25.4 Å². The van der Waals surface area contributed by atoms with Crippen LogP contribution in [0, 0.1) is 10.1 Å². The quantitative estimate of drug-likeness (QED) is 0.635. The Labute approximate surface area is 119 Å². The van der Waals surface area contributed by atoms with Crippen LogP contribution in [0.4, 0.5) is 5.82 Å². The Morgan fingerprint density at radius 3 is 2.90 bits per heavy atom. The molecule has 1 aliphatic carbocycles. The average Bonchev–Trinajstić information content (AvgIpc) is 3.18. The number of carbonyl (C=O) groups is 1. The molecule has 2 heterocycles. The van der Waals surface area contributed by atoms with E-state index in [-0.39, 0.29) is 24.9 Å². The second kappa shape index (κ2) is 5.13. The van der Waals surface area contributed by atoms with Crippen LogP contribution in [0.2, 0.25) is 0 Å². The summed E-state index contributed by atoms with van der Waals surface area (Å²) in [5.41, 5.74) is 0.796. The molecule has 2 aromatic rings. The Kier molecular flexibility index (Phi) is 3.30. The van der Waals surface area contributed by atoms with Crippen LogP contribution in [0.5, 0.6) is 0 Å². The van der Waals surface area contributed by atoms with E-state index >= 15 is 0 Å². The van der Waals surface area contributed by atoms with Gasteiger partial charge in [-0.05, 0) is 23.8 Å².